The van der Waals surface area contributed by atoms with Crippen LogP contribution in [0.3, 0.4) is 0 Å². The maximum atomic E-state index is 2.36. The molecule has 138 valence electrons. The molecule has 0 unspecified atom stereocenters. The van der Waals surface area contributed by atoms with Crippen LogP contribution in [0.5, 0.6) is 0 Å². The molecule has 0 heteroatoms. The van der Waals surface area contributed by atoms with Gasteiger partial charge < -0.3 is 0 Å². The van der Waals surface area contributed by atoms with E-state index in [1.54, 1.807) is 0 Å². The largest absolute Gasteiger partial charge is 0.0602 e. The molecule has 0 saturated heterocycles. The summed E-state index contributed by atoms with van der Waals surface area (Å²) in [6.07, 6.45) is 19.3. The second kappa shape index (κ2) is 10.1. The zero-order chi connectivity index (χ0) is 17.3. The summed E-state index contributed by atoms with van der Waals surface area (Å²) in [4.78, 5) is 0. The van der Waals surface area contributed by atoms with Crippen LogP contribution in [0.15, 0.2) is 0 Å². The molecule has 2 rings (SSSR count). The smallest absolute Gasteiger partial charge is 0.0380 e. The lowest BCUT2D eigenvalue weighted by Gasteiger charge is -2.28. The number of hydrogen-bond donors (Lipinski definition) is 0. The zero-order valence-electron chi connectivity index (χ0n) is 17.3. The van der Waals surface area contributed by atoms with Crippen molar-refractivity contribution in [1.29, 1.82) is 0 Å². The van der Waals surface area contributed by atoms with E-state index in [1.165, 1.54) is 83.5 Å². The van der Waals surface area contributed by atoms with E-state index >= 15 is 0 Å². The van der Waals surface area contributed by atoms with Gasteiger partial charge in [0, 0.05) is 0 Å². The minimum Gasteiger partial charge on any atom is -0.0602 e. The molecule has 2 aliphatic carbocycles. The van der Waals surface area contributed by atoms with Crippen LogP contribution in [-0.4, -0.2) is 0 Å². The van der Waals surface area contributed by atoms with Crippen molar-refractivity contribution in [3.05, 3.63) is 0 Å². The molecule has 0 amide bonds. The lowest BCUT2D eigenvalue weighted by Crippen LogP contribution is -2.15. The summed E-state index contributed by atoms with van der Waals surface area (Å²) in [5.41, 5.74) is 1.11. The highest BCUT2D eigenvalue weighted by atomic mass is 14.3. The minimum atomic E-state index is 0.553. The first-order chi connectivity index (χ1) is 10.7. The fraction of sp³-hybridized carbons (Fsp3) is 1.00. The van der Waals surface area contributed by atoms with Gasteiger partial charge in [0.25, 0.3) is 0 Å². The van der Waals surface area contributed by atoms with E-state index in [-0.39, 0.29) is 0 Å². The Morgan fingerprint density at radius 1 is 0.565 bits per heavy atom. The van der Waals surface area contributed by atoms with Crippen LogP contribution < -0.4 is 0 Å². The van der Waals surface area contributed by atoms with Gasteiger partial charge in [-0.05, 0) is 41.9 Å². The van der Waals surface area contributed by atoms with E-state index in [2.05, 4.69) is 41.5 Å². The van der Waals surface area contributed by atoms with Crippen molar-refractivity contribution in [1.82, 2.24) is 0 Å². The standard InChI is InChI=1S/C12H24.C11H22/c1-12(2,3)10-9-11-7-5-4-6-8-11;1-11(2,3)9-10-7-5-4-6-8-10/h11H,4-10H2,1-3H3;10H,4-9H2,1-3H3. The summed E-state index contributed by atoms with van der Waals surface area (Å²) in [6.45, 7) is 14.2. The van der Waals surface area contributed by atoms with Crippen LogP contribution in [0.25, 0.3) is 0 Å². The monoisotopic (exact) mass is 322 g/mol. The molecule has 0 aliphatic heterocycles. The first-order valence-electron chi connectivity index (χ1n) is 10.7. The van der Waals surface area contributed by atoms with Gasteiger partial charge in [0.1, 0.15) is 0 Å². The van der Waals surface area contributed by atoms with Crippen molar-refractivity contribution in [2.24, 2.45) is 22.7 Å². The third-order valence-electron chi connectivity index (χ3n) is 5.65. The van der Waals surface area contributed by atoms with Crippen LogP contribution in [0.4, 0.5) is 0 Å². The third kappa shape index (κ3) is 12.1. The highest BCUT2D eigenvalue weighted by molar-refractivity contribution is 4.72. The summed E-state index contributed by atoms with van der Waals surface area (Å²) >= 11 is 0. The van der Waals surface area contributed by atoms with Crippen LogP contribution in [-0.2, 0) is 0 Å². The van der Waals surface area contributed by atoms with E-state index < -0.39 is 0 Å². The molecule has 0 atom stereocenters. The quantitative estimate of drug-likeness (QED) is 0.489. The third-order valence-corrected chi connectivity index (χ3v) is 5.65. The highest BCUT2D eigenvalue weighted by Gasteiger charge is 2.20. The highest BCUT2D eigenvalue weighted by Crippen LogP contribution is 2.34. The molecule has 0 heterocycles. The molecule has 2 aliphatic rings. The molecular formula is C23H46. The molecule has 2 saturated carbocycles. The Labute approximate surface area is 148 Å². The summed E-state index contributed by atoms with van der Waals surface area (Å²) in [5.74, 6) is 2.11. The molecule has 0 nitrogen and oxygen atoms in total. The normalized spacial score (nSPS) is 21.7. The Kier molecular flexibility index (Phi) is 9.24. The lowest BCUT2D eigenvalue weighted by molar-refractivity contribution is 0.240. The Morgan fingerprint density at radius 3 is 1.39 bits per heavy atom. The molecule has 2 fully saturated rings. The van der Waals surface area contributed by atoms with Crippen molar-refractivity contribution >= 4 is 0 Å². The fourth-order valence-corrected chi connectivity index (χ4v) is 4.37. The van der Waals surface area contributed by atoms with Crippen molar-refractivity contribution in [2.45, 2.75) is 125 Å². The van der Waals surface area contributed by atoms with Gasteiger partial charge in [0.05, 0.1) is 0 Å². The predicted molar refractivity (Wildman–Crippen MR) is 106 cm³/mol. The average Bonchev–Trinajstić information content (AvgIpc) is 2.46. The molecule has 23 heavy (non-hydrogen) atoms. The predicted octanol–water partition coefficient (Wildman–Crippen LogP) is 8.40. The van der Waals surface area contributed by atoms with Crippen molar-refractivity contribution in [2.75, 3.05) is 0 Å². The Bertz CT molecular complexity index is 276. The van der Waals surface area contributed by atoms with Gasteiger partial charge in [-0.15, -0.1) is 0 Å². The number of hydrogen-bond acceptors (Lipinski definition) is 0. The van der Waals surface area contributed by atoms with Crippen molar-refractivity contribution < 1.29 is 0 Å². The molecule has 0 aromatic heterocycles. The topological polar surface area (TPSA) is 0 Å². The van der Waals surface area contributed by atoms with Gasteiger partial charge in [0.15, 0.2) is 0 Å². The Balaban J connectivity index is 0.000000231. The van der Waals surface area contributed by atoms with Crippen LogP contribution in [0.1, 0.15) is 125 Å². The van der Waals surface area contributed by atoms with Gasteiger partial charge in [-0.2, -0.15) is 0 Å². The van der Waals surface area contributed by atoms with Gasteiger partial charge in [-0.3, -0.25) is 0 Å². The van der Waals surface area contributed by atoms with Gasteiger partial charge >= 0.3 is 0 Å². The van der Waals surface area contributed by atoms with Gasteiger partial charge in [0.2, 0.25) is 0 Å². The Morgan fingerprint density at radius 2 is 1.00 bits per heavy atom. The van der Waals surface area contributed by atoms with Crippen LogP contribution in [0, 0.1) is 22.7 Å². The zero-order valence-corrected chi connectivity index (χ0v) is 17.3. The van der Waals surface area contributed by atoms with E-state index in [1.807, 2.05) is 0 Å². The van der Waals surface area contributed by atoms with Gasteiger partial charge in [-0.1, -0.05) is 106 Å². The van der Waals surface area contributed by atoms with Gasteiger partial charge in [-0.25, -0.2) is 0 Å². The summed E-state index contributed by atoms with van der Waals surface area (Å²) < 4.78 is 0. The minimum absolute atomic E-state index is 0.553. The van der Waals surface area contributed by atoms with Crippen molar-refractivity contribution in [3.63, 3.8) is 0 Å². The number of rotatable bonds is 3. The molecule has 0 bridgehead atoms. The van der Waals surface area contributed by atoms with E-state index in [0.717, 1.165) is 11.8 Å². The first-order valence-corrected chi connectivity index (χ1v) is 10.7. The van der Waals surface area contributed by atoms with E-state index in [0.29, 0.717) is 10.8 Å². The second-order valence-electron chi connectivity index (χ2n) is 10.9. The maximum Gasteiger partial charge on any atom is -0.0380 e. The maximum absolute atomic E-state index is 2.36. The molecule has 0 N–H and O–H groups in total. The Hall–Kier alpha value is 0. The molecule has 0 spiro atoms. The average molecular weight is 323 g/mol. The van der Waals surface area contributed by atoms with E-state index in [4.69, 9.17) is 0 Å². The first kappa shape index (κ1) is 21.0. The second-order valence-corrected chi connectivity index (χ2v) is 10.9. The summed E-state index contributed by atoms with van der Waals surface area (Å²) in [6, 6.07) is 0. The van der Waals surface area contributed by atoms with Crippen LogP contribution >= 0.6 is 0 Å². The molecule has 0 aromatic carbocycles. The fourth-order valence-electron chi connectivity index (χ4n) is 4.37. The summed E-state index contributed by atoms with van der Waals surface area (Å²) in [5, 5.41) is 0. The van der Waals surface area contributed by atoms with E-state index in [9.17, 15) is 0 Å². The lowest BCUT2D eigenvalue weighted by atomic mass is 9.78. The summed E-state index contributed by atoms with van der Waals surface area (Å²) in [7, 11) is 0. The SMILES string of the molecule is CC(C)(C)CC1CCCCC1.CC(C)(C)CCC1CCCCC1. The molecular weight excluding hydrogens is 276 g/mol. The molecule has 0 radical (unpaired) electrons. The van der Waals surface area contributed by atoms with Crippen molar-refractivity contribution in [3.8, 4) is 0 Å². The molecule has 0 aromatic rings. The van der Waals surface area contributed by atoms with Crippen LogP contribution in [0.2, 0.25) is 0 Å².